The van der Waals surface area contributed by atoms with E-state index in [9.17, 15) is 5.11 Å². The molecule has 3 heterocycles. The zero-order chi connectivity index (χ0) is 22.5. The number of benzene rings is 1. The molecule has 0 spiro atoms. The molecule has 3 aromatic rings. The lowest BCUT2D eigenvalue weighted by Crippen LogP contribution is -2.39. The van der Waals surface area contributed by atoms with Crippen LogP contribution in [-0.4, -0.2) is 57.8 Å². The van der Waals surface area contributed by atoms with Crippen LogP contribution in [0.25, 0.3) is 0 Å². The van der Waals surface area contributed by atoms with Crippen molar-refractivity contribution in [2.45, 2.75) is 26.0 Å². The first-order valence-electron chi connectivity index (χ1n) is 10.9. The van der Waals surface area contributed by atoms with Gasteiger partial charge in [-0.1, -0.05) is 24.3 Å². The Labute approximate surface area is 189 Å². The summed E-state index contributed by atoms with van der Waals surface area (Å²) in [6, 6.07) is 14.3. The number of hydrogen-bond donors (Lipinski definition) is 2. The van der Waals surface area contributed by atoms with E-state index in [0.717, 1.165) is 36.5 Å². The minimum atomic E-state index is -0.498. The molecule has 1 unspecified atom stereocenters. The maximum absolute atomic E-state index is 10.6. The van der Waals surface area contributed by atoms with Gasteiger partial charge in [-0.2, -0.15) is 0 Å². The third-order valence-electron chi connectivity index (χ3n) is 5.81. The van der Waals surface area contributed by atoms with Crippen LogP contribution in [0, 0.1) is 6.92 Å². The molecule has 0 aliphatic carbocycles. The van der Waals surface area contributed by atoms with Crippen LogP contribution >= 0.6 is 0 Å². The second-order valence-corrected chi connectivity index (χ2v) is 8.25. The first-order chi connectivity index (χ1) is 15.5. The third-order valence-corrected chi connectivity index (χ3v) is 5.81. The number of hydrogen-bond acceptors (Lipinski definition) is 5. The predicted octanol–water partition coefficient (Wildman–Crippen LogP) is 3.34. The Morgan fingerprint density at radius 1 is 1.25 bits per heavy atom. The van der Waals surface area contributed by atoms with Crippen LogP contribution in [0.2, 0.25) is 0 Å². The molecule has 0 fully saturated rings. The van der Waals surface area contributed by atoms with Crippen molar-refractivity contribution < 1.29 is 5.11 Å². The Morgan fingerprint density at radius 2 is 2.06 bits per heavy atom. The maximum Gasteiger partial charge on any atom is 0.161 e. The van der Waals surface area contributed by atoms with Gasteiger partial charge in [-0.05, 0) is 55.0 Å². The van der Waals surface area contributed by atoms with E-state index < -0.39 is 6.10 Å². The van der Waals surface area contributed by atoms with Crippen molar-refractivity contribution >= 4 is 24.2 Å². The zero-order valence-corrected chi connectivity index (χ0v) is 18.7. The highest BCUT2D eigenvalue weighted by Gasteiger charge is 2.18. The number of aryl methyl sites for hydroxylation is 2. The summed E-state index contributed by atoms with van der Waals surface area (Å²) >= 11 is 0. The SMILES string of the molecule is C=N/C(=N\c1c(C)ccn1C)c1ccnc(NCC(O)CN2CCc3ccccc3C2)c1. The fourth-order valence-electron chi connectivity index (χ4n) is 4.07. The van der Waals surface area contributed by atoms with Crippen molar-refractivity contribution in [2.75, 3.05) is 25.0 Å². The fourth-order valence-corrected chi connectivity index (χ4v) is 4.07. The van der Waals surface area contributed by atoms with E-state index in [1.54, 1.807) is 6.20 Å². The number of aliphatic hydroxyl groups is 1. The monoisotopic (exact) mass is 430 g/mol. The minimum Gasteiger partial charge on any atom is -0.390 e. The molecule has 32 heavy (non-hydrogen) atoms. The second-order valence-electron chi connectivity index (χ2n) is 8.25. The van der Waals surface area contributed by atoms with Gasteiger partial charge in [0.05, 0.1) is 6.10 Å². The number of pyridine rings is 1. The molecule has 0 radical (unpaired) electrons. The van der Waals surface area contributed by atoms with Crippen LogP contribution in [0.4, 0.5) is 11.6 Å². The summed E-state index contributed by atoms with van der Waals surface area (Å²) in [6.45, 7) is 8.58. The van der Waals surface area contributed by atoms with Gasteiger partial charge >= 0.3 is 0 Å². The Kier molecular flexibility index (Phi) is 6.78. The molecule has 1 atom stereocenters. The lowest BCUT2D eigenvalue weighted by atomic mass is 10.00. The highest BCUT2D eigenvalue weighted by Crippen LogP contribution is 2.21. The van der Waals surface area contributed by atoms with Gasteiger partial charge in [0.1, 0.15) is 11.6 Å². The van der Waals surface area contributed by atoms with Gasteiger partial charge in [0.25, 0.3) is 0 Å². The molecule has 4 rings (SSSR count). The zero-order valence-electron chi connectivity index (χ0n) is 18.7. The Hall–Kier alpha value is -3.29. The number of aliphatic imine (C=N–C) groups is 2. The standard InChI is InChI=1S/C25H30N6O/c1-18-9-12-30(3)25(18)29-24(26-2)20-8-11-27-23(14-20)28-15-22(32)17-31-13-10-19-6-4-5-7-21(19)16-31/h4-9,11-12,14,22,32H,2,10,13,15-17H2,1,3H3,(H,27,28)/b29-24-. The lowest BCUT2D eigenvalue weighted by molar-refractivity contribution is 0.114. The summed E-state index contributed by atoms with van der Waals surface area (Å²) in [5.41, 5.74) is 4.66. The average Bonchev–Trinajstić information content (AvgIpc) is 3.13. The number of nitrogens with zero attached hydrogens (tertiary/aromatic N) is 5. The van der Waals surface area contributed by atoms with Crippen LogP contribution in [0.1, 0.15) is 22.3 Å². The molecular formula is C25H30N6O. The van der Waals surface area contributed by atoms with Crippen molar-refractivity contribution in [3.05, 3.63) is 77.1 Å². The molecule has 0 amide bonds. The normalized spacial score (nSPS) is 15.3. The lowest BCUT2D eigenvalue weighted by Gasteiger charge is -2.30. The Morgan fingerprint density at radius 3 is 2.81 bits per heavy atom. The predicted molar refractivity (Wildman–Crippen MR) is 130 cm³/mol. The molecule has 0 saturated heterocycles. The number of β-amino-alcohol motifs (C(OH)–C–C–N with tert-alkyl or cyclic N) is 1. The Bertz CT molecular complexity index is 1100. The van der Waals surface area contributed by atoms with E-state index in [2.05, 4.69) is 56.2 Å². The largest absolute Gasteiger partial charge is 0.390 e. The molecule has 7 heteroatoms. The molecule has 1 aliphatic heterocycles. The summed E-state index contributed by atoms with van der Waals surface area (Å²) in [7, 11) is 1.95. The van der Waals surface area contributed by atoms with Crippen LogP contribution < -0.4 is 5.32 Å². The summed E-state index contributed by atoms with van der Waals surface area (Å²) in [4.78, 5) is 15.5. The van der Waals surface area contributed by atoms with E-state index in [-0.39, 0.29) is 0 Å². The summed E-state index contributed by atoms with van der Waals surface area (Å²) in [6.07, 6.45) is 4.21. The fraction of sp³-hybridized carbons (Fsp3) is 0.320. The van der Waals surface area contributed by atoms with Crippen LogP contribution in [0.5, 0.6) is 0 Å². The van der Waals surface area contributed by atoms with E-state index in [1.165, 1.54) is 11.1 Å². The van der Waals surface area contributed by atoms with Gasteiger partial charge in [-0.3, -0.25) is 4.90 Å². The highest BCUT2D eigenvalue weighted by atomic mass is 16.3. The maximum atomic E-state index is 10.6. The average molecular weight is 431 g/mol. The van der Waals surface area contributed by atoms with E-state index >= 15 is 0 Å². The number of anilines is 1. The van der Waals surface area contributed by atoms with Gasteiger partial charge < -0.3 is 15.0 Å². The first-order valence-corrected chi connectivity index (χ1v) is 10.9. The molecule has 0 bridgehead atoms. The first kappa shape index (κ1) is 21.9. The molecule has 2 N–H and O–H groups in total. The third kappa shape index (κ3) is 5.12. The van der Waals surface area contributed by atoms with Gasteiger partial charge in [0.2, 0.25) is 0 Å². The summed E-state index contributed by atoms with van der Waals surface area (Å²) in [5, 5.41) is 13.8. The molecule has 166 valence electrons. The molecule has 1 aromatic carbocycles. The topological polar surface area (TPSA) is 78.0 Å². The summed E-state index contributed by atoms with van der Waals surface area (Å²) < 4.78 is 1.95. The van der Waals surface area contributed by atoms with Crippen LogP contribution in [-0.2, 0) is 20.0 Å². The van der Waals surface area contributed by atoms with Gasteiger partial charge in [0, 0.05) is 51.2 Å². The van der Waals surface area contributed by atoms with Crippen molar-refractivity contribution in [1.82, 2.24) is 14.5 Å². The van der Waals surface area contributed by atoms with E-state index in [0.29, 0.717) is 24.7 Å². The molecular weight excluding hydrogens is 400 g/mol. The molecule has 2 aromatic heterocycles. The quantitative estimate of drug-likeness (QED) is 0.445. The Balaban J connectivity index is 1.37. The highest BCUT2D eigenvalue weighted by molar-refractivity contribution is 6.03. The minimum absolute atomic E-state index is 0.416. The summed E-state index contributed by atoms with van der Waals surface area (Å²) in [5.74, 6) is 2.05. The number of rotatable bonds is 7. The van der Waals surface area contributed by atoms with E-state index in [4.69, 9.17) is 0 Å². The van der Waals surface area contributed by atoms with Crippen molar-refractivity contribution in [2.24, 2.45) is 17.0 Å². The number of amidine groups is 1. The van der Waals surface area contributed by atoms with Crippen molar-refractivity contribution in [3.8, 4) is 0 Å². The van der Waals surface area contributed by atoms with Crippen LogP contribution in [0.15, 0.2) is 64.8 Å². The number of aliphatic hydroxyl groups excluding tert-OH is 1. The number of fused-ring (bicyclic) bond motifs is 1. The smallest absolute Gasteiger partial charge is 0.161 e. The molecule has 7 nitrogen and oxygen atoms in total. The second kappa shape index (κ2) is 9.89. The number of nitrogens with one attached hydrogen (secondary N) is 1. The molecule has 1 aliphatic rings. The van der Waals surface area contributed by atoms with E-state index in [1.807, 2.05) is 42.9 Å². The molecule has 0 saturated carbocycles. The van der Waals surface area contributed by atoms with Gasteiger partial charge in [-0.15, -0.1) is 0 Å². The van der Waals surface area contributed by atoms with Gasteiger partial charge in [-0.25, -0.2) is 15.0 Å². The van der Waals surface area contributed by atoms with Gasteiger partial charge in [0.15, 0.2) is 5.84 Å². The van der Waals surface area contributed by atoms with Crippen molar-refractivity contribution in [3.63, 3.8) is 0 Å². The van der Waals surface area contributed by atoms with Crippen molar-refractivity contribution in [1.29, 1.82) is 0 Å². The van der Waals surface area contributed by atoms with Crippen LogP contribution in [0.3, 0.4) is 0 Å². The number of aromatic nitrogens is 2.